The standard InChI is InChI=1S/C11H14N4S.H2S/c1-8-5-10-4-3-9(6-11(10)14-8)7-13-16-15(2)12;/h3-7,14H,12H2,1-2H3;1H2. The Labute approximate surface area is 112 Å². The summed E-state index contributed by atoms with van der Waals surface area (Å²) in [6.45, 7) is 2.05. The molecule has 1 aromatic heterocycles. The molecule has 4 nitrogen and oxygen atoms in total. The van der Waals surface area contributed by atoms with Crippen molar-refractivity contribution in [2.75, 3.05) is 7.05 Å². The normalized spacial score (nSPS) is 11.3. The molecule has 0 aliphatic rings. The van der Waals surface area contributed by atoms with Crippen LogP contribution in [0.5, 0.6) is 0 Å². The first-order chi connectivity index (χ1) is 7.65. The van der Waals surface area contributed by atoms with Gasteiger partial charge in [0.2, 0.25) is 0 Å². The molecule has 1 aromatic carbocycles. The zero-order chi connectivity index (χ0) is 11.5. The SMILES string of the molecule is Cc1cc2ccc(C=NSN(C)N)cc2[nH]1.S. The first-order valence-corrected chi connectivity index (χ1v) is 5.66. The van der Waals surface area contributed by atoms with Crippen molar-refractivity contribution in [2.45, 2.75) is 6.92 Å². The van der Waals surface area contributed by atoms with Gasteiger partial charge >= 0.3 is 0 Å². The van der Waals surface area contributed by atoms with Gasteiger partial charge in [-0.2, -0.15) is 17.9 Å². The third-order valence-electron chi connectivity index (χ3n) is 2.16. The van der Waals surface area contributed by atoms with Crippen molar-refractivity contribution < 1.29 is 0 Å². The number of fused-ring (bicyclic) bond motifs is 1. The minimum Gasteiger partial charge on any atom is -0.359 e. The Morgan fingerprint density at radius 1 is 1.41 bits per heavy atom. The highest BCUT2D eigenvalue weighted by molar-refractivity contribution is 7.95. The second kappa shape index (κ2) is 6.11. The summed E-state index contributed by atoms with van der Waals surface area (Å²) in [6, 6.07) is 8.31. The van der Waals surface area contributed by atoms with Gasteiger partial charge in [-0.05, 0) is 30.0 Å². The summed E-state index contributed by atoms with van der Waals surface area (Å²) in [5.41, 5.74) is 3.36. The number of hydrazine groups is 1. The number of hydrogen-bond donors (Lipinski definition) is 2. The van der Waals surface area contributed by atoms with Crippen molar-refractivity contribution in [3.63, 3.8) is 0 Å². The second-order valence-corrected chi connectivity index (χ2v) is 4.61. The van der Waals surface area contributed by atoms with Gasteiger partial charge in [-0.3, -0.25) is 5.84 Å². The van der Waals surface area contributed by atoms with Crippen LogP contribution in [0.25, 0.3) is 10.9 Å². The van der Waals surface area contributed by atoms with Crippen molar-refractivity contribution in [3.05, 3.63) is 35.5 Å². The highest BCUT2D eigenvalue weighted by Gasteiger charge is 1.97. The summed E-state index contributed by atoms with van der Waals surface area (Å²) in [6.07, 6.45) is 1.80. The van der Waals surface area contributed by atoms with E-state index in [-0.39, 0.29) is 13.5 Å². The largest absolute Gasteiger partial charge is 0.359 e. The Bertz CT molecular complexity index is 519. The molecule has 2 aromatic rings. The minimum atomic E-state index is 0. The van der Waals surface area contributed by atoms with Gasteiger partial charge in [-0.25, -0.2) is 4.40 Å². The second-order valence-electron chi connectivity index (χ2n) is 3.66. The molecule has 92 valence electrons. The quantitative estimate of drug-likeness (QED) is 0.389. The summed E-state index contributed by atoms with van der Waals surface area (Å²) < 4.78 is 5.59. The average Bonchev–Trinajstić information content (AvgIpc) is 2.56. The first-order valence-electron chi connectivity index (χ1n) is 4.93. The number of aromatic nitrogens is 1. The van der Waals surface area contributed by atoms with Gasteiger partial charge in [0.25, 0.3) is 0 Å². The third-order valence-corrected chi connectivity index (χ3v) is 2.62. The van der Waals surface area contributed by atoms with Gasteiger partial charge < -0.3 is 4.98 Å². The van der Waals surface area contributed by atoms with E-state index in [0.29, 0.717) is 0 Å². The predicted octanol–water partition coefficient (Wildman–Crippen LogP) is 2.38. The van der Waals surface area contributed by atoms with Crippen LogP contribution in [0.4, 0.5) is 0 Å². The van der Waals surface area contributed by atoms with Crippen LogP contribution in [-0.4, -0.2) is 22.7 Å². The molecule has 0 aliphatic heterocycles. The molecule has 1 heterocycles. The van der Waals surface area contributed by atoms with E-state index in [2.05, 4.69) is 27.6 Å². The van der Waals surface area contributed by atoms with Gasteiger partial charge in [0.15, 0.2) is 0 Å². The average molecular weight is 268 g/mol. The highest BCUT2D eigenvalue weighted by Crippen LogP contribution is 2.16. The number of aromatic amines is 1. The van der Waals surface area contributed by atoms with Crippen LogP contribution in [0.15, 0.2) is 28.7 Å². The molecule has 0 atom stereocenters. The van der Waals surface area contributed by atoms with Crippen molar-refractivity contribution in [2.24, 2.45) is 10.2 Å². The van der Waals surface area contributed by atoms with Crippen LogP contribution in [0.1, 0.15) is 11.3 Å². The van der Waals surface area contributed by atoms with Gasteiger partial charge in [-0.1, -0.05) is 12.1 Å². The van der Waals surface area contributed by atoms with Crippen LogP contribution >= 0.6 is 25.6 Å². The van der Waals surface area contributed by atoms with Crippen molar-refractivity contribution >= 4 is 42.7 Å². The zero-order valence-electron chi connectivity index (χ0n) is 9.77. The van der Waals surface area contributed by atoms with Crippen LogP contribution in [0, 0.1) is 6.92 Å². The van der Waals surface area contributed by atoms with E-state index >= 15 is 0 Å². The van der Waals surface area contributed by atoms with Crippen LogP contribution in [-0.2, 0) is 0 Å². The lowest BCUT2D eigenvalue weighted by Gasteiger charge is -2.00. The number of nitrogens with one attached hydrogen (secondary N) is 1. The first kappa shape index (κ1) is 14.1. The molecule has 0 unspecified atom stereocenters. The fourth-order valence-electron chi connectivity index (χ4n) is 1.53. The molecule has 2 rings (SSSR count). The van der Waals surface area contributed by atoms with Crippen molar-refractivity contribution in [3.8, 4) is 0 Å². The minimum absolute atomic E-state index is 0. The highest BCUT2D eigenvalue weighted by atomic mass is 32.2. The molecule has 0 saturated heterocycles. The number of nitrogens with zero attached hydrogens (tertiary/aromatic N) is 2. The molecule has 0 radical (unpaired) electrons. The number of H-pyrrole nitrogens is 1. The molecule has 3 N–H and O–H groups in total. The lowest BCUT2D eigenvalue weighted by atomic mass is 10.2. The Morgan fingerprint density at radius 2 is 2.18 bits per heavy atom. The van der Waals surface area contributed by atoms with Gasteiger partial charge in [-0.15, -0.1) is 0 Å². The van der Waals surface area contributed by atoms with Gasteiger partial charge in [0.05, 0.1) is 12.1 Å². The zero-order valence-corrected chi connectivity index (χ0v) is 11.6. The van der Waals surface area contributed by atoms with Crippen LogP contribution in [0.2, 0.25) is 0 Å². The van der Waals surface area contributed by atoms with Crippen molar-refractivity contribution in [1.82, 2.24) is 9.40 Å². The lowest BCUT2D eigenvalue weighted by molar-refractivity contribution is 0.611. The molecule has 0 saturated carbocycles. The summed E-state index contributed by atoms with van der Waals surface area (Å²) in [4.78, 5) is 3.29. The fraction of sp³-hybridized carbons (Fsp3) is 0.182. The Hall–Kier alpha value is -0.950. The molecule has 0 bridgehead atoms. The number of hydrogen-bond acceptors (Lipinski definition) is 4. The van der Waals surface area contributed by atoms with Crippen LogP contribution in [0.3, 0.4) is 0 Å². The molecule has 0 fully saturated rings. The molecular weight excluding hydrogens is 252 g/mol. The number of rotatable bonds is 3. The van der Waals surface area contributed by atoms with E-state index in [1.807, 2.05) is 13.0 Å². The van der Waals surface area contributed by atoms with E-state index in [1.54, 1.807) is 13.3 Å². The summed E-state index contributed by atoms with van der Waals surface area (Å²) in [5.74, 6) is 5.43. The molecule has 0 spiro atoms. The van der Waals surface area contributed by atoms with Crippen molar-refractivity contribution in [1.29, 1.82) is 0 Å². The molecule has 0 aliphatic carbocycles. The van der Waals surface area contributed by atoms with E-state index in [4.69, 9.17) is 5.84 Å². The molecule has 0 amide bonds. The lowest BCUT2D eigenvalue weighted by Crippen LogP contribution is -2.15. The number of aryl methyl sites for hydroxylation is 1. The Morgan fingerprint density at radius 3 is 2.88 bits per heavy atom. The smallest absolute Gasteiger partial charge is 0.0765 e. The molecular formula is C11H16N4S2. The maximum absolute atomic E-state index is 5.43. The topological polar surface area (TPSA) is 57.4 Å². The molecule has 6 heteroatoms. The van der Waals surface area contributed by atoms with E-state index in [0.717, 1.165) is 11.1 Å². The summed E-state index contributed by atoms with van der Waals surface area (Å²) >= 11 is 1.21. The summed E-state index contributed by atoms with van der Waals surface area (Å²) in [5, 5.41) is 1.22. The monoisotopic (exact) mass is 268 g/mol. The maximum atomic E-state index is 5.43. The van der Waals surface area contributed by atoms with Crippen LogP contribution < -0.4 is 5.84 Å². The van der Waals surface area contributed by atoms with Gasteiger partial charge in [0, 0.05) is 24.5 Å². The third kappa shape index (κ3) is 3.78. The Balaban J connectivity index is 0.00000144. The molecule has 17 heavy (non-hydrogen) atoms. The van der Waals surface area contributed by atoms with E-state index in [9.17, 15) is 0 Å². The van der Waals surface area contributed by atoms with E-state index in [1.165, 1.54) is 27.6 Å². The number of benzene rings is 1. The van der Waals surface area contributed by atoms with E-state index < -0.39 is 0 Å². The fourth-order valence-corrected chi connectivity index (χ4v) is 1.85. The predicted molar refractivity (Wildman–Crippen MR) is 80.6 cm³/mol. The number of nitrogens with two attached hydrogens (primary N) is 1. The maximum Gasteiger partial charge on any atom is 0.0765 e. The Kier molecular flexibility index (Phi) is 5.07. The summed E-state index contributed by atoms with van der Waals surface area (Å²) in [7, 11) is 1.75. The van der Waals surface area contributed by atoms with Gasteiger partial charge in [0.1, 0.15) is 0 Å².